The molecule has 0 amide bonds. The molecule has 0 radical (unpaired) electrons. The Kier molecular flexibility index (Phi) is 7.54. The van der Waals surface area contributed by atoms with E-state index in [0.29, 0.717) is 12.1 Å². The Hall–Kier alpha value is -1.78. The monoisotopic (exact) mass is 340 g/mol. The fourth-order valence-electron chi connectivity index (χ4n) is 3.21. The number of benzene rings is 1. The Morgan fingerprint density at radius 1 is 1.32 bits per heavy atom. The van der Waals surface area contributed by atoms with Crippen molar-refractivity contribution >= 4 is 13.2 Å². The normalized spacial score (nSPS) is 18.2. The molecule has 0 aromatic heterocycles. The van der Waals surface area contributed by atoms with E-state index in [1.165, 1.54) is 5.57 Å². The summed E-state index contributed by atoms with van der Waals surface area (Å²) in [6.07, 6.45) is 9.16. The van der Waals surface area contributed by atoms with Gasteiger partial charge in [-0.15, -0.1) is 0 Å². The van der Waals surface area contributed by atoms with Gasteiger partial charge in [0.2, 0.25) is 0 Å². The molecule has 2 N–H and O–H groups in total. The zero-order chi connectivity index (χ0) is 18.2. The summed E-state index contributed by atoms with van der Waals surface area (Å²) in [5.41, 5.74) is 4.35. The second-order valence-corrected chi connectivity index (χ2v) is 6.58. The SMILES string of the molecule is C=C(CC)C1=CCB(O)OC1CC/C(=C/c1ccccc1O)CCC. The van der Waals surface area contributed by atoms with Crippen molar-refractivity contribution in [3.63, 3.8) is 0 Å². The summed E-state index contributed by atoms with van der Waals surface area (Å²) in [6.45, 7) is 8.38. The highest BCUT2D eigenvalue weighted by Gasteiger charge is 2.27. The van der Waals surface area contributed by atoms with E-state index in [0.717, 1.165) is 48.8 Å². The molecule has 0 spiro atoms. The number of phenolic OH excluding ortho intramolecular Hbond substituents is 1. The van der Waals surface area contributed by atoms with E-state index < -0.39 is 7.12 Å². The summed E-state index contributed by atoms with van der Waals surface area (Å²) in [5, 5.41) is 19.9. The Morgan fingerprint density at radius 2 is 2.08 bits per heavy atom. The van der Waals surface area contributed by atoms with Crippen LogP contribution in [-0.4, -0.2) is 23.4 Å². The first-order valence-electron chi connectivity index (χ1n) is 9.24. The van der Waals surface area contributed by atoms with E-state index >= 15 is 0 Å². The van der Waals surface area contributed by atoms with Crippen LogP contribution in [0.2, 0.25) is 6.32 Å². The zero-order valence-corrected chi connectivity index (χ0v) is 15.4. The molecule has 0 saturated carbocycles. The van der Waals surface area contributed by atoms with Gasteiger partial charge in [-0.2, -0.15) is 0 Å². The third kappa shape index (κ3) is 5.62. The molecule has 134 valence electrons. The molecule has 2 rings (SSSR count). The molecule has 0 saturated heterocycles. The van der Waals surface area contributed by atoms with Crippen molar-refractivity contribution in [2.75, 3.05) is 0 Å². The molecule has 0 fully saturated rings. The van der Waals surface area contributed by atoms with Crippen molar-refractivity contribution in [1.82, 2.24) is 0 Å². The van der Waals surface area contributed by atoms with Gasteiger partial charge in [0.15, 0.2) is 0 Å². The molecule has 1 unspecified atom stereocenters. The molecule has 25 heavy (non-hydrogen) atoms. The van der Waals surface area contributed by atoms with Gasteiger partial charge in [-0.1, -0.05) is 68.3 Å². The van der Waals surface area contributed by atoms with Crippen molar-refractivity contribution in [2.24, 2.45) is 0 Å². The Balaban J connectivity index is 2.12. The van der Waals surface area contributed by atoms with E-state index in [-0.39, 0.29) is 6.10 Å². The fourth-order valence-corrected chi connectivity index (χ4v) is 3.21. The minimum Gasteiger partial charge on any atom is -0.507 e. The van der Waals surface area contributed by atoms with E-state index in [4.69, 9.17) is 4.65 Å². The van der Waals surface area contributed by atoms with Crippen molar-refractivity contribution < 1.29 is 14.8 Å². The van der Waals surface area contributed by atoms with Gasteiger partial charge in [0.1, 0.15) is 5.75 Å². The van der Waals surface area contributed by atoms with Crippen LogP contribution < -0.4 is 0 Å². The summed E-state index contributed by atoms with van der Waals surface area (Å²) >= 11 is 0. The number of hydrogen-bond acceptors (Lipinski definition) is 3. The predicted molar refractivity (Wildman–Crippen MR) is 105 cm³/mol. The second-order valence-electron chi connectivity index (χ2n) is 6.58. The van der Waals surface area contributed by atoms with Crippen LogP contribution in [-0.2, 0) is 4.65 Å². The minimum absolute atomic E-state index is 0.110. The molecule has 4 heteroatoms. The molecule has 1 aromatic rings. The van der Waals surface area contributed by atoms with Crippen LogP contribution in [0.3, 0.4) is 0 Å². The number of phenols is 1. The lowest BCUT2D eigenvalue weighted by Gasteiger charge is -2.28. The number of aromatic hydroxyl groups is 1. The molecule has 0 aliphatic carbocycles. The van der Waals surface area contributed by atoms with Gasteiger partial charge < -0.3 is 14.8 Å². The lowest BCUT2D eigenvalue weighted by atomic mass is 9.77. The molecular formula is C21H29BO3. The van der Waals surface area contributed by atoms with Gasteiger partial charge in [-0.3, -0.25) is 0 Å². The van der Waals surface area contributed by atoms with Crippen LogP contribution in [0.4, 0.5) is 0 Å². The third-order valence-corrected chi connectivity index (χ3v) is 4.64. The molecule has 1 atom stereocenters. The molecule has 1 aromatic carbocycles. The fraction of sp³-hybridized carbons (Fsp3) is 0.429. The first-order chi connectivity index (χ1) is 12.0. The maximum atomic E-state index is 10.0. The minimum atomic E-state index is -0.727. The number of hydrogen-bond donors (Lipinski definition) is 2. The largest absolute Gasteiger partial charge is 0.507 e. The highest BCUT2D eigenvalue weighted by Crippen LogP contribution is 2.30. The number of allylic oxidation sites excluding steroid dienone is 2. The quantitative estimate of drug-likeness (QED) is 0.645. The van der Waals surface area contributed by atoms with Crippen molar-refractivity contribution in [3.05, 3.63) is 59.2 Å². The van der Waals surface area contributed by atoms with E-state index in [2.05, 4.69) is 32.6 Å². The highest BCUT2D eigenvalue weighted by molar-refractivity contribution is 6.43. The smallest absolute Gasteiger partial charge is 0.458 e. The van der Waals surface area contributed by atoms with Crippen molar-refractivity contribution in [3.8, 4) is 5.75 Å². The zero-order valence-electron chi connectivity index (χ0n) is 15.4. The first kappa shape index (κ1) is 19.5. The average molecular weight is 340 g/mol. The average Bonchev–Trinajstić information content (AvgIpc) is 2.61. The van der Waals surface area contributed by atoms with Gasteiger partial charge in [-0.25, -0.2) is 0 Å². The summed E-state index contributed by atoms with van der Waals surface area (Å²) in [6, 6.07) is 7.40. The molecule has 0 bridgehead atoms. The van der Waals surface area contributed by atoms with E-state index in [9.17, 15) is 10.1 Å². The first-order valence-corrected chi connectivity index (χ1v) is 9.24. The van der Waals surface area contributed by atoms with Crippen molar-refractivity contribution in [1.29, 1.82) is 0 Å². The number of para-hydroxylation sites is 1. The van der Waals surface area contributed by atoms with E-state index in [1.54, 1.807) is 6.07 Å². The van der Waals surface area contributed by atoms with Crippen LogP contribution in [0.15, 0.2) is 53.6 Å². The summed E-state index contributed by atoms with van der Waals surface area (Å²) in [4.78, 5) is 0. The van der Waals surface area contributed by atoms with Crippen LogP contribution in [0, 0.1) is 0 Å². The van der Waals surface area contributed by atoms with Gasteiger partial charge in [0, 0.05) is 11.9 Å². The molecule has 3 nitrogen and oxygen atoms in total. The second kappa shape index (κ2) is 9.64. The van der Waals surface area contributed by atoms with Crippen LogP contribution in [0.5, 0.6) is 5.75 Å². The molecular weight excluding hydrogens is 311 g/mol. The summed E-state index contributed by atoms with van der Waals surface area (Å²) in [5.74, 6) is 0.306. The van der Waals surface area contributed by atoms with Crippen LogP contribution in [0.1, 0.15) is 51.5 Å². The highest BCUT2D eigenvalue weighted by atomic mass is 16.5. The van der Waals surface area contributed by atoms with Crippen LogP contribution >= 0.6 is 0 Å². The number of rotatable bonds is 8. The lowest BCUT2D eigenvalue weighted by molar-refractivity contribution is 0.182. The Morgan fingerprint density at radius 3 is 2.76 bits per heavy atom. The Bertz CT molecular complexity index is 648. The third-order valence-electron chi connectivity index (χ3n) is 4.64. The van der Waals surface area contributed by atoms with Gasteiger partial charge in [0.25, 0.3) is 0 Å². The Labute approximate surface area is 151 Å². The predicted octanol–water partition coefficient (Wildman–Crippen LogP) is 5.13. The van der Waals surface area contributed by atoms with Gasteiger partial charge >= 0.3 is 7.12 Å². The summed E-state index contributed by atoms with van der Waals surface area (Å²) < 4.78 is 5.77. The van der Waals surface area contributed by atoms with Gasteiger partial charge in [0.05, 0.1) is 6.10 Å². The van der Waals surface area contributed by atoms with E-state index in [1.807, 2.05) is 18.2 Å². The molecule has 1 aliphatic rings. The standard InChI is InChI=1S/C21H29BO3/c1-4-8-17(15-18-9-6-7-10-20(18)23)11-12-21-19(16(3)5-2)13-14-22(24)25-21/h6-7,9-10,13,15,21,23-24H,3-5,8,11-12,14H2,1-2H3/b17-15+. The van der Waals surface area contributed by atoms with Crippen LogP contribution in [0.25, 0.3) is 6.08 Å². The maximum absolute atomic E-state index is 10.0. The lowest BCUT2D eigenvalue weighted by Crippen LogP contribution is -2.31. The topological polar surface area (TPSA) is 49.7 Å². The van der Waals surface area contributed by atoms with Gasteiger partial charge in [-0.05, 0) is 37.3 Å². The van der Waals surface area contributed by atoms with Crippen molar-refractivity contribution in [2.45, 2.75) is 58.4 Å². The molecule has 1 heterocycles. The maximum Gasteiger partial charge on any atom is 0.458 e. The summed E-state index contributed by atoms with van der Waals surface area (Å²) in [7, 11) is -0.727. The molecule has 1 aliphatic heterocycles.